The van der Waals surface area contributed by atoms with Crippen molar-refractivity contribution in [3.05, 3.63) is 76.3 Å². The standard InChI is InChI=1S/C24H18F5N3O5S/c1-36-19-10-15(12-8-13(9-12)24(27,28)29)16(25)11-18(19)32-17-3-4-20(23(26)14(17)2-5-22(32)33)38(34,35)31-21-6-7-37-30-21/h2-7,10-13H,8-9H2,1H3,(H,30,31)/t12-,13-. The van der Waals surface area contributed by atoms with Gasteiger partial charge in [0.05, 0.1) is 24.2 Å². The summed E-state index contributed by atoms with van der Waals surface area (Å²) in [6, 6.07) is 7.53. The molecule has 0 bridgehead atoms. The Morgan fingerprint density at radius 3 is 2.47 bits per heavy atom. The van der Waals surface area contributed by atoms with Gasteiger partial charge in [-0.05, 0) is 48.6 Å². The van der Waals surface area contributed by atoms with E-state index in [1.165, 1.54) is 25.3 Å². The molecule has 8 nitrogen and oxygen atoms in total. The number of anilines is 1. The van der Waals surface area contributed by atoms with E-state index in [0.29, 0.717) is 0 Å². The predicted molar refractivity (Wildman–Crippen MR) is 125 cm³/mol. The van der Waals surface area contributed by atoms with Gasteiger partial charge in [-0.1, -0.05) is 5.16 Å². The molecule has 4 aromatic rings. The number of halogens is 5. The van der Waals surface area contributed by atoms with E-state index in [1.807, 2.05) is 0 Å². The zero-order valence-electron chi connectivity index (χ0n) is 19.4. The SMILES string of the molecule is COc1cc([C@H]2C[C@H](C(F)(F)F)C2)c(F)cc1-n1c(=O)ccc2c(F)c(S(=O)(=O)Nc3ccon3)ccc21. The molecule has 14 heteroatoms. The number of alkyl halides is 3. The number of hydrogen-bond donors (Lipinski definition) is 1. The van der Waals surface area contributed by atoms with Crippen molar-refractivity contribution < 1.29 is 39.6 Å². The molecule has 2 aromatic carbocycles. The topological polar surface area (TPSA) is 103 Å². The number of rotatable bonds is 6. The molecule has 200 valence electrons. The second kappa shape index (κ2) is 9.11. The summed E-state index contributed by atoms with van der Waals surface area (Å²) >= 11 is 0. The fourth-order valence-corrected chi connectivity index (χ4v) is 5.61. The van der Waals surface area contributed by atoms with Crippen LogP contribution in [0, 0.1) is 17.6 Å². The van der Waals surface area contributed by atoms with E-state index in [4.69, 9.17) is 4.74 Å². The van der Waals surface area contributed by atoms with Crippen LogP contribution in [0.1, 0.15) is 24.3 Å². The minimum atomic E-state index is -4.44. The van der Waals surface area contributed by atoms with Crippen LogP contribution < -0.4 is 15.0 Å². The van der Waals surface area contributed by atoms with Crippen molar-refractivity contribution in [3.8, 4) is 11.4 Å². The molecule has 2 heterocycles. The maximum absolute atomic E-state index is 15.5. The first kappa shape index (κ1) is 25.7. The number of pyridine rings is 1. The molecule has 0 unspecified atom stereocenters. The predicted octanol–water partition coefficient (Wildman–Crippen LogP) is 5.12. The number of ether oxygens (including phenoxy) is 1. The summed E-state index contributed by atoms with van der Waals surface area (Å²) in [5, 5.41) is 3.15. The largest absolute Gasteiger partial charge is 0.495 e. The molecule has 0 aliphatic heterocycles. The molecule has 1 aliphatic carbocycles. The molecule has 2 aromatic heterocycles. The van der Waals surface area contributed by atoms with Gasteiger partial charge in [-0.2, -0.15) is 13.2 Å². The molecule has 1 saturated carbocycles. The van der Waals surface area contributed by atoms with Gasteiger partial charge in [-0.3, -0.25) is 14.1 Å². The van der Waals surface area contributed by atoms with Gasteiger partial charge < -0.3 is 9.26 Å². The van der Waals surface area contributed by atoms with Crippen LogP contribution in [0.15, 0.2) is 62.9 Å². The first-order valence-electron chi connectivity index (χ1n) is 11.1. The van der Waals surface area contributed by atoms with Gasteiger partial charge in [0.15, 0.2) is 11.6 Å². The summed E-state index contributed by atoms with van der Waals surface area (Å²) < 4.78 is 108. The van der Waals surface area contributed by atoms with Gasteiger partial charge in [0.1, 0.15) is 22.7 Å². The summed E-state index contributed by atoms with van der Waals surface area (Å²) in [5.41, 5.74) is -0.925. The highest BCUT2D eigenvalue weighted by Gasteiger charge is 2.48. The lowest BCUT2D eigenvalue weighted by Gasteiger charge is -2.37. The van der Waals surface area contributed by atoms with Crippen molar-refractivity contribution >= 4 is 26.7 Å². The third kappa shape index (κ3) is 4.38. The Morgan fingerprint density at radius 1 is 1.11 bits per heavy atom. The Bertz CT molecular complexity index is 1700. The molecule has 0 amide bonds. The van der Waals surface area contributed by atoms with Gasteiger partial charge >= 0.3 is 6.18 Å². The number of hydrogen-bond acceptors (Lipinski definition) is 6. The molecule has 38 heavy (non-hydrogen) atoms. The zero-order valence-corrected chi connectivity index (χ0v) is 20.2. The normalized spacial score (nSPS) is 17.8. The lowest BCUT2D eigenvalue weighted by atomic mass is 9.71. The summed E-state index contributed by atoms with van der Waals surface area (Å²) in [6.07, 6.45) is -3.80. The minimum Gasteiger partial charge on any atom is -0.495 e. The number of methoxy groups -OCH3 is 1. The number of nitrogens with one attached hydrogen (secondary N) is 1. The Hall–Kier alpha value is -3.94. The number of sulfonamides is 1. The Kier molecular flexibility index (Phi) is 6.16. The molecule has 1 aliphatic rings. The number of benzene rings is 2. The first-order chi connectivity index (χ1) is 17.9. The summed E-state index contributed by atoms with van der Waals surface area (Å²) in [5.74, 6) is -4.46. The van der Waals surface area contributed by atoms with Gasteiger partial charge in [0, 0.05) is 23.6 Å². The molecular formula is C24H18F5N3O5S. The second-order valence-electron chi connectivity index (χ2n) is 8.76. The van der Waals surface area contributed by atoms with Crippen LogP contribution in [0.3, 0.4) is 0 Å². The van der Waals surface area contributed by atoms with Gasteiger partial charge in [0.25, 0.3) is 15.6 Å². The fourth-order valence-electron chi connectivity index (χ4n) is 4.53. The number of aromatic nitrogens is 2. The second-order valence-corrected chi connectivity index (χ2v) is 10.4. The summed E-state index contributed by atoms with van der Waals surface area (Å²) in [6.45, 7) is 0. The fraction of sp³-hybridized carbons (Fsp3) is 0.250. The van der Waals surface area contributed by atoms with E-state index >= 15 is 8.78 Å². The highest BCUT2D eigenvalue weighted by Crippen LogP contribution is 2.50. The molecular weight excluding hydrogens is 537 g/mol. The van der Waals surface area contributed by atoms with E-state index in [0.717, 1.165) is 35.1 Å². The van der Waals surface area contributed by atoms with Gasteiger partial charge in [0.2, 0.25) is 0 Å². The van der Waals surface area contributed by atoms with Crippen LogP contribution in [0.2, 0.25) is 0 Å². The number of nitrogens with zero attached hydrogens (tertiary/aromatic N) is 2. The van der Waals surface area contributed by atoms with Crippen LogP contribution in [-0.2, 0) is 10.0 Å². The minimum absolute atomic E-state index is 0.0119. The van der Waals surface area contributed by atoms with E-state index in [1.54, 1.807) is 0 Å². The van der Waals surface area contributed by atoms with Gasteiger partial charge in [-0.15, -0.1) is 0 Å². The molecule has 0 spiro atoms. The lowest BCUT2D eigenvalue weighted by Crippen LogP contribution is -2.34. The van der Waals surface area contributed by atoms with E-state index in [2.05, 4.69) is 14.4 Å². The number of fused-ring (bicyclic) bond motifs is 1. The van der Waals surface area contributed by atoms with Crippen molar-refractivity contribution in [3.63, 3.8) is 0 Å². The monoisotopic (exact) mass is 555 g/mol. The van der Waals surface area contributed by atoms with Gasteiger partial charge in [-0.25, -0.2) is 17.2 Å². The third-order valence-corrected chi connectivity index (χ3v) is 7.89. The Labute approximate surface area is 211 Å². The van der Waals surface area contributed by atoms with Crippen molar-refractivity contribution in [1.82, 2.24) is 9.72 Å². The first-order valence-corrected chi connectivity index (χ1v) is 12.6. The highest BCUT2D eigenvalue weighted by atomic mass is 32.2. The molecule has 1 fully saturated rings. The van der Waals surface area contributed by atoms with Crippen LogP contribution in [0.5, 0.6) is 5.75 Å². The molecule has 0 radical (unpaired) electrons. The van der Waals surface area contributed by atoms with E-state index < -0.39 is 50.1 Å². The van der Waals surface area contributed by atoms with Crippen LogP contribution in [-0.4, -0.2) is 31.4 Å². The molecule has 0 saturated heterocycles. The quantitative estimate of drug-likeness (QED) is 0.331. The summed E-state index contributed by atoms with van der Waals surface area (Å²) in [7, 11) is -3.21. The maximum atomic E-state index is 15.5. The van der Waals surface area contributed by atoms with Crippen LogP contribution >= 0.6 is 0 Å². The van der Waals surface area contributed by atoms with Crippen molar-refractivity contribution in [2.24, 2.45) is 5.92 Å². The van der Waals surface area contributed by atoms with Crippen LogP contribution in [0.25, 0.3) is 16.6 Å². The maximum Gasteiger partial charge on any atom is 0.391 e. The third-order valence-electron chi connectivity index (χ3n) is 6.52. The molecule has 5 rings (SSSR count). The van der Waals surface area contributed by atoms with E-state index in [-0.39, 0.29) is 46.6 Å². The average molecular weight is 555 g/mol. The van der Waals surface area contributed by atoms with Crippen molar-refractivity contribution in [1.29, 1.82) is 0 Å². The molecule has 1 N–H and O–H groups in total. The van der Waals surface area contributed by atoms with Crippen molar-refractivity contribution in [2.45, 2.75) is 29.8 Å². The van der Waals surface area contributed by atoms with E-state index in [9.17, 15) is 26.4 Å². The summed E-state index contributed by atoms with van der Waals surface area (Å²) in [4.78, 5) is 12.1. The lowest BCUT2D eigenvalue weighted by molar-refractivity contribution is -0.197. The Morgan fingerprint density at radius 2 is 1.84 bits per heavy atom. The Balaban J connectivity index is 1.59. The molecule has 0 atom stereocenters. The smallest absolute Gasteiger partial charge is 0.391 e. The zero-order chi connectivity index (χ0) is 27.4. The van der Waals surface area contributed by atoms with Crippen LogP contribution in [0.4, 0.5) is 27.8 Å². The van der Waals surface area contributed by atoms with Crippen molar-refractivity contribution in [2.75, 3.05) is 11.8 Å². The highest BCUT2D eigenvalue weighted by molar-refractivity contribution is 7.92. The average Bonchev–Trinajstić information content (AvgIpc) is 3.30.